The molecule has 0 aliphatic rings. The van der Waals surface area contributed by atoms with E-state index in [1.165, 1.54) is 0 Å². The molecule has 0 amide bonds. The van der Waals surface area contributed by atoms with Gasteiger partial charge in [-0.2, -0.15) is 0 Å². The lowest BCUT2D eigenvalue weighted by atomic mass is 10.1. The molecule has 0 saturated heterocycles. The highest BCUT2D eigenvalue weighted by atomic mass is 79.9. The highest BCUT2D eigenvalue weighted by Gasteiger charge is 2.07. The number of benzene rings is 2. The molecule has 2 rings (SSSR count). The average molecular weight is 509 g/mol. The summed E-state index contributed by atoms with van der Waals surface area (Å²) in [6.07, 6.45) is 0. The Hall–Kier alpha value is -1.18. The van der Waals surface area contributed by atoms with Crippen LogP contribution in [0.15, 0.2) is 45.3 Å². The van der Waals surface area contributed by atoms with E-state index in [0.717, 1.165) is 16.5 Å². The molecule has 0 radical (unpaired) electrons. The van der Waals surface area contributed by atoms with Crippen LogP contribution in [-0.2, 0) is 5.33 Å². The third kappa shape index (κ3) is 6.08. The highest BCUT2D eigenvalue weighted by Crippen LogP contribution is 2.20. The van der Waals surface area contributed by atoms with E-state index in [4.69, 9.17) is 10.2 Å². The number of alkyl halides is 1. The minimum absolute atomic E-state index is 0.291. The van der Waals surface area contributed by atoms with Gasteiger partial charge in [-0.15, -0.1) is 0 Å². The van der Waals surface area contributed by atoms with E-state index in [1.54, 1.807) is 36.4 Å². The zero-order valence-corrected chi connectivity index (χ0v) is 16.8. The topological polar surface area (TPSA) is 74.6 Å². The van der Waals surface area contributed by atoms with Crippen molar-refractivity contribution in [2.75, 3.05) is 0 Å². The van der Waals surface area contributed by atoms with Crippen molar-refractivity contribution >= 4 is 59.7 Å². The van der Waals surface area contributed by atoms with E-state index in [2.05, 4.69) is 47.8 Å². The Morgan fingerprint density at radius 2 is 1.39 bits per heavy atom. The molecule has 0 heterocycles. The Morgan fingerprint density at radius 3 is 1.78 bits per heavy atom. The smallest absolute Gasteiger partial charge is 0.336 e. The summed E-state index contributed by atoms with van der Waals surface area (Å²) in [4.78, 5) is 21.1. The summed E-state index contributed by atoms with van der Waals surface area (Å²) in [6, 6.07) is 10.3. The molecule has 7 heteroatoms. The normalized spacial score (nSPS) is 9.74. The predicted octanol–water partition coefficient (Wildman–Crippen LogP) is 5.50. The van der Waals surface area contributed by atoms with Crippen LogP contribution in [-0.4, -0.2) is 22.2 Å². The lowest BCUT2D eigenvalue weighted by molar-refractivity contribution is 0.0685. The largest absolute Gasteiger partial charge is 0.478 e. The average Bonchev–Trinajstić information content (AvgIpc) is 2.46. The van der Waals surface area contributed by atoms with Gasteiger partial charge in [0.15, 0.2) is 0 Å². The fraction of sp³-hybridized carbons (Fsp3) is 0.125. The van der Waals surface area contributed by atoms with Crippen molar-refractivity contribution in [3.8, 4) is 0 Å². The fourth-order valence-corrected chi connectivity index (χ4v) is 3.22. The summed E-state index contributed by atoms with van der Waals surface area (Å²) in [5.41, 5.74) is 2.68. The summed E-state index contributed by atoms with van der Waals surface area (Å²) >= 11 is 9.64. The van der Waals surface area contributed by atoms with Gasteiger partial charge in [0.1, 0.15) is 0 Å². The molecule has 0 spiro atoms. The first kappa shape index (κ1) is 19.9. The van der Waals surface area contributed by atoms with Gasteiger partial charge in [0.25, 0.3) is 0 Å². The van der Waals surface area contributed by atoms with Crippen LogP contribution in [0.25, 0.3) is 0 Å². The first-order valence-corrected chi connectivity index (χ1v) is 9.04. The molecule has 0 aliphatic heterocycles. The van der Waals surface area contributed by atoms with Crippen LogP contribution >= 0.6 is 47.8 Å². The van der Waals surface area contributed by atoms with Crippen molar-refractivity contribution in [1.29, 1.82) is 0 Å². The maximum absolute atomic E-state index is 10.6. The second-order valence-corrected chi connectivity index (χ2v) is 6.81. The van der Waals surface area contributed by atoms with Crippen LogP contribution in [0, 0.1) is 6.92 Å². The molecule has 4 nitrogen and oxygen atoms in total. The molecule has 2 aromatic carbocycles. The quantitative estimate of drug-likeness (QED) is 0.537. The standard InChI is InChI=1S/C8H6Br2O2.C8H7BrO2/c9-4-5-1-2-6(8(11)12)7(10)3-5;1-5-2-3-6(8(10)11)7(9)4-5/h1-3H,4H2,(H,11,12);2-4H,1H3,(H,10,11). The van der Waals surface area contributed by atoms with Crippen molar-refractivity contribution in [3.05, 3.63) is 67.6 Å². The maximum Gasteiger partial charge on any atom is 0.336 e. The molecule has 2 N–H and O–H groups in total. The van der Waals surface area contributed by atoms with Gasteiger partial charge >= 0.3 is 11.9 Å². The molecule has 23 heavy (non-hydrogen) atoms. The van der Waals surface area contributed by atoms with E-state index >= 15 is 0 Å². The zero-order valence-electron chi connectivity index (χ0n) is 12.0. The molecule has 0 aliphatic carbocycles. The monoisotopic (exact) mass is 506 g/mol. The van der Waals surface area contributed by atoms with Crippen LogP contribution in [0.1, 0.15) is 31.8 Å². The molecule has 2 aromatic rings. The fourth-order valence-electron chi connectivity index (χ4n) is 1.61. The number of halogens is 3. The molecule has 122 valence electrons. The molecule has 0 unspecified atom stereocenters. The summed E-state index contributed by atoms with van der Waals surface area (Å²) in [5.74, 6) is -1.82. The van der Waals surface area contributed by atoms with Crippen LogP contribution in [0.2, 0.25) is 0 Å². The third-order valence-electron chi connectivity index (χ3n) is 2.77. The van der Waals surface area contributed by atoms with Crippen LogP contribution in [0.4, 0.5) is 0 Å². The van der Waals surface area contributed by atoms with Gasteiger partial charge < -0.3 is 10.2 Å². The minimum Gasteiger partial charge on any atom is -0.478 e. The Morgan fingerprint density at radius 1 is 0.913 bits per heavy atom. The highest BCUT2D eigenvalue weighted by molar-refractivity contribution is 9.11. The predicted molar refractivity (Wildman–Crippen MR) is 99.6 cm³/mol. The first-order valence-electron chi connectivity index (χ1n) is 6.33. The van der Waals surface area contributed by atoms with Crippen molar-refractivity contribution in [2.24, 2.45) is 0 Å². The number of aromatic carboxylic acids is 2. The second kappa shape index (κ2) is 9.20. The Labute approximate surface area is 158 Å². The van der Waals surface area contributed by atoms with Gasteiger partial charge in [0, 0.05) is 14.3 Å². The van der Waals surface area contributed by atoms with Crippen molar-refractivity contribution < 1.29 is 19.8 Å². The number of carbonyl (C=O) groups is 2. The van der Waals surface area contributed by atoms with E-state index in [9.17, 15) is 9.59 Å². The van der Waals surface area contributed by atoms with Crippen LogP contribution in [0.5, 0.6) is 0 Å². The molecule has 0 saturated carbocycles. The van der Waals surface area contributed by atoms with Crippen LogP contribution in [0.3, 0.4) is 0 Å². The summed E-state index contributed by atoms with van der Waals surface area (Å²) in [7, 11) is 0. The molecular formula is C16H13Br3O4. The number of carboxylic acid groups (broad SMARTS) is 2. The van der Waals surface area contributed by atoms with Gasteiger partial charge in [-0.3, -0.25) is 0 Å². The summed E-state index contributed by atoms with van der Waals surface area (Å²) < 4.78 is 1.25. The van der Waals surface area contributed by atoms with E-state index in [1.807, 2.05) is 6.92 Å². The Bertz CT molecular complexity index is 729. The van der Waals surface area contributed by atoms with Gasteiger partial charge in [0.2, 0.25) is 0 Å². The van der Waals surface area contributed by atoms with Crippen LogP contribution < -0.4 is 0 Å². The van der Waals surface area contributed by atoms with E-state index in [0.29, 0.717) is 20.1 Å². The number of rotatable bonds is 3. The first-order chi connectivity index (χ1) is 10.8. The molecule has 0 atom stereocenters. The second-order valence-electron chi connectivity index (χ2n) is 4.54. The van der Waals surface area contributed by atoms with Gasteiger partial charge in [-0.1, -0.05) is 28.1 Å². The van der Waals surface area contributed by atoms with Gasteiger partial charge in [0.05, 0.1) is 11.1 Å². The SMILES string of the molecule is Cc1ccc(C(=O)O)c(Br)c1.O=C(O)c1ccc(CBr)cc1Br. The molecule has 0 fully saturated rings. The molecule has 0 bridgehead atoms. The molecule has 0 aromatic heterocycles. The third-order valence-corrected chi connectivity index (χ3v) is 4.73. The van der Waals surface area contributed by atoms with Gasteiger partial charge in [-0.25, -0.2) is 9.59 Å². The number of hydrogen-bond donors (Lipinski definition) is 2. The van der Waals surface area contributed by atoms with E-state index < -0.39 is 11.9 Å². The van der Waals surface area contributed by atoms with Crippen molar-refractivity contribution in [3.63, 3.8) is 0 Å². The lowest BCUT2D eigenvalue weighted by Gasteiger charge is -2.00. The van der Waals surface area contributed by atoms with Crippen molar-refractivity contribution in [2.45, 2.75) is 12.3 Å². The summed E-state index contributed by atoms with van der Waals surface area (Å²) in [5, 5.41) is 18.0. The minimum atomic E-state index is -0.914. The summed E-state index contributed by atoms with van der Waals surface area (Å²) in [6.45, 7) is 1.91. The number of carboxylic acids is 2. The van der Waals surface area contributed by atoms with Crippen molar-refractivity contribution in [1.82, 2.24) is 0 Å². The molecular weight excluding hydrogens is 496 g/mol. The van der Waals surface area contributed by atoms with E-state index in [-0.39, 0.29) is 0 Å². The van der Waals surface area contributed by atoms with Gasteiger partial charge in [-0.05, 0) is 74.2 Å². The Kier molecular flexibility index (Phi) is 7.94. The maximum atomic E-state index is 10.6. The lowest BCUT2D eigenvalue weighted by Crippen LogP contribution is -1.97. The Balaban J connectivity index is 0.000000231. The zero-order chi connectivity index (χ0) is 17.6. The number of aryl methyl sites for hydroxylation is 1. The number of hydrogen-bond acceptors (Lipinski definition) is 2.